The summed E-state index contributed by atoms with van der Waals surface area (Å²) in [5.74, 6) is 0. The maximum atomic E-state index is 3.34. The Labute approximate surface area is 345 Å². The molecule has 278 valence electrons. The molecule has 0 nitrogen and oxygen atoms in total. The molecule has 0 bridgehead atoms. The summed E-state index contributed by atoms with van der Waals surface area (Å²) in [4.78, 5) is 0. The van der Waals surface area contributed by atoms with Gasteiger partial charge in [-0.05, 0) is 74.5 Å². The molecule has 0 saturated heterocycles. The topological polar surface area (TPSA) is 0 Å². The number of allylic oxidation sites excluding steroid dienone is 4. The third-order valence-electron chi connectivity index (χ3n) is 10.9. The van der Waals surface area contributed by atoms with Crippen molar-refractivity contribution in [3.63, 3.8) is 0 Å². The maximum absolute atomic E-state index is 3.34. The van der Waals surface area contributed by atoms with Crippen LogP contribution in [0.4, 0.5) is 0 Å². The minimum atomic E-state index is 0. The number of rotatable bonds is 0. The molecule has 3 heteroatoms. The van der Waals surface area contributed by atoms with Crippen LogP contribution in [0.3, 0.4) is 0 Å². The fourth-order valence-electron chi connectivity index (χ4n) is 7.41. The standard InChI is InChI=1S/C29H37.2C7H7.C5H5.CH2.2ClH.Zr/c1-26(2)9-11-28(5,6)24-16-20-18(14-22(24)26)13-19-15-23-25(17-21(19)20)29(7,8)12-10-27(23,3)4;2*1-7-5-3-2-4-6-7;1-2-4-5-3-1;;;;/h9,14-17H,10-13H2,1-8H3;2*3-6H,1H3;1-3H,4H2;1H2;2*1H;/q4*-1;;;;. The molecule has 4 aliphatic rings. The zero-order chi connectivity index (χ0) is 36.7. The third kappa shape index (κ3) is 11.1. The van der Waals surface area contributed by atoms with Gasteiger partial charge in [-0.15, -0.1) is 36.6 Å². The summed E-state index contributed by atoms with van der Waals surface area (Å²) in [5.41, 5.74) is 15.9. The van der Waals surface area contributed by atoms with Gasteiger partial charge in [-0.25, -0.2) is 12.2 Å². The van der Waals surface area contributed by atoms with E-state index in [1.54, 1.807) is 27.8 Å². The Balaban J connectivity index is 0.000000331. The summed E-state index contributed by atoms with van der Waals surface area (Å²) >= 11 is 1.30. The van der Waals surface area contributed by atoms with Gasteiger partial charge in [0.25, 0.3) is 0 Å². The molecule has 0 heterocycles. The molecule has 4 aromatic carbocycles. The molecule has 0 N–H and O–H groups in total. The van der Waals surface area contributed by atoms with E-state index in [1.165, 1.54) is 64.9 Å². The van der Waals surface area contributed by atoms with E-state index in [4.69, 9.17) is 0 Å². The van der Waals surface area contributed by atoms with Crippen LogP contribution in [-0.2, 0) is 52.3 Å². The molecule has 4 aromatic rings. The van der Waals surface area contributed by atoms with Gasteiger partial charge >= 0.3 is 28.4 Å². The van der Waals surface area contributed by atoms with Gasteiger partial charge in [-0.1, -0.05) is 99.1 Å². The second-order valence-electron chi connectivity index (χ2n) is 16.7. The molecule has 8 rings (SSSR count). The minimum absolute atomic E-state index is 0. The predicted molar refractivity (Wildman–Crippen MR) is 228 cm³/mol. The Morgan fingerprint density at radius 1 is 0.615 bits per heavy atom. The van der Waals surface area contributed by atoms with Crippen molar-refractivity contribution in [2.75, 3.05) is 0 Å². The zero-order valence-corrected chi connectivity index (χ0v) is 37.4. The Bertz CT molecular complexity index is 1660. The Kier molecular flexibility index (Phi) is 17.0. The second-order valence-corrected chi connectivity index (χ2v) is 16.7. The fraction of sp³-hybridized carbons (Fsp3) is 0.388. The molecule has 0 atom stereocenters. The Morgan fingerprint density at radius 3 is 1.40 bits per heavy atom. The number of halogens is 2. The predicted octanol–water partition coefficient (Wildman–Crippen LogP) is 13.5. The van der Waals surface area contributed by atoms with E-state index in [0.29, 0.717) is 0 Å². The number of fused-ring (bicyclic) bond motifs is 5. The van der Waals surface area contributed by atoms with Crippen LogP contribution in [0, 0.1) is 38.5 Å². The zero-order valence-electron chi connectivity index (χ0n) is 33.3. The SMILES string of the molecule is CC1(C)[CH-]CC(C)(C)c2cc3c(cc21)Cc1cc2c(cc1-3)C(C)(C)CCC2(C)C.Cc1cc[c-]cc1.Cc1cc[c-]cc1.Cl.Cl.[C-]1=CC=CC1.[CH2]=[Zr]. The van der Waals surface area contributed by atoms with Crippen LogP contribution >= 0.6 is 24.8 Å². The molecular formula is C49H60Cl2Zr-4. The summed E-state index contributed by atoms with van der Waals surface area (Å²) in [7, 11) is 0. The molecule has 52 heavy (non-hydrogen) atoms. The summed E-state index contributed by atoms with van der Waals surface area (Å²) in [6, 6.07) is 31.9. The van der Waals surface area contributed by atoms with Crippen molar-refractivity contribution in [1.82, 2.24) is 0 Å². The van der Waals surface area contributed by atoms with Gasteiger partial charge in [0.1, 0.15) is 0 Å². The number of hydrogen-bond donors (Lipinski definition) is 0. The van der Waals surface area contributed by atoms with E-state index in [1.807, 2.05) is 60.7 Å². The van der Waals surface area contributed by atoms with E-state index in [2.05, 4.69) is 128 Å². The molecule has 0 aliphatic heterocycles. The van der Waals surface area contributed by atoms with Crippen molar-refractivity contribution >= 4 is 29.0 Å². The van der Waals surface area contributed by atoms with Crippen molar-refractivity contribution in [3.8, 4) is 11.1 Å². The molecule has 0 aromatic heterocycles. The molecule has 0 fully saturated rings. The number of hydrogen-bond acceptors (Lipinski definition) is 0. The summed E-state index contributed by atoms with van der Waals surface area (Å²) in [6.45, 7) is 23.5. The van der Waals surface area contributed by atoms with Crippen LogP contribution in [0.15, 0.2) is 91.0 Å². The molecule has 0 radical (unpaired) electrons. The summed E-state index contributed by atoms with van der Waals surface area (Å²) in [5, 5.41) is 0. The van der Waals surface area contributed by atoms with Crippen molar-refractivity contribution < 1.29 is 24.2 Å². The van der Waals surface area contributed by atoms with Crippen molar-refractivity contribution in [1.29, 1.82) is 0 Å². The summed E-state index contributed by atoms with van der Waals surface area (Å²) < 4.78 is 3.34. The monoisotopic (exact) mass is 808 g/mol. The first-order chi connectivity index (χ1) is 23.6. The van der Waals surface area contributed by atoms with Crippen molar-refractivity contribution in [3.05, 3.63) is 160 Å². The van der Waals surface area contributed by atoms with Crippen LogP contribution in [0.25, 0.3) is 11.1 Å². The fourth-order valence-corrected chi connectivity index (χ4v) is 7.41. The molecular weight excluding hydrogens is 751 g/mol. The van der Waals surface area contributed by atoms with Gasteiger partial charge in [-0.2, -0.15) is 84.3 Å². The van der Waals surface area contributed by atoms with Gasteiger partial charge in [-0.3, -0.25) is 6.08 Å². The van der Waals surface area contributed by atoms with Gasteiger partial charge in [0, 0.05) is 0 Å². The van der Waals surface area contributed by atoms with Crippen molar-refractivity contribution in [2.45, 2.75) is 123 Å². The first-order valence-electron chi connectivity index (χ1n) is 18.2. The van der Waals surface area contributed by atoms with Crippen molar-refractivity contribution in [2.24, 2.45) is 0 Å². The van der Waals surface area contributed by atoms with Crippen LogP contribution in [-0.4, -0.2) is 4.21 Å². The third-order valence-corrected chi connectivity index (χ3v) is 10.9. The van der Waals surface area contributed by atoms with E-state index in [-0.39, 0.29) is 46.5 Å². The van der Waals surface area contributed by atoms with Gasteiger partial charge in [0.05, 0.1) is 0 Å². The van der Waals surface area contributed by atoms with Crippen LogP contribution in [0.5, 0.6) is 0 Å². The Morgan fingerprint density at radius 2 is 1.04 bits per heavy atom. The molecule has 0 unspecified atom stereocenters. The average Bonchev–Trinajstić information content (AvgIpc) is 3.79. The van der Waals surface area contributed by atoms with E-state index in [9.17, 15) is 0 Å². The second kappa shape index (κ2) is 19.3. The molecule has 4 aliphatic carbocycles. The average molecular weight is 811 g/mol. The van der Waals surface area contributed by atoms with Crippen LogP contribution < -0.4 is 0 Å². The Hall–Kier alpha value is -2.31. The van der Waals surface area contributed by atoms with E-state index < -0.39 is 0 Å². The normalized spacial score (nSPS) is 17.6. The number of aryl methyl sites for hydroxylation is 2. The van der Waals surface area contributed by atoms with Gasteiger partial charge in [0.15, 0.2) is 0 Å². The van der Waals surface area contributed by atoms with E-state index in [0.717, 1.165) is 19.3 Å². The van der Waals surface area contributed by atoms with Gasteiger partial charge < -0.3 is 6.42 Å². The first kappa shape index (κ1) is 45.8. The van der Waals surface area contributed by atoms with Crippen LogP contribution in [0.1, 0.15) is 126 Å². The quantitative estimate of drug-likeness (QED) is 0.137. The molecule has 0 saturated carbocycles. The molecule has 0 spiro atoms. The van der Waals surface area contributed by atoms with Crippen LogP contribution in [0.2, 0.25) is 0 Å². The van der Waals surface area contributed by atoms with E-state index >= 15 is 0 Å². The number of benzene rings is 4. The summed E-state index contributed by atoms with van der Waals surface area (Å²) in [6.07, 6.45) is 17.3. The first-order valence-corrected chi connectivity index (χ1v) is 20.0. The molecule has 0 amide bonds. The van der Waals surface area contributed by atoms with Gasteiger partial charge in [0.2, 0.25) is 0 Å².